The molecule has 0 aliphatic heterocycles. The molecule has 1 N–H and O–H groups in total. The number of aromatic nitrogens is 1. The van der Waals surface area contributed by atoms with Gasteiger partial charge in [-0.05, 0) is 58.9 Å². The van der Waals surface area contributed by atoms with Gasteiger partial charge in [0.05, 0.1) is 5.52 Å². The van der Waals surface area contributed by atoms with Crippen molar-refractivity contribution >= 4 is 49.6 Å². The van der Waals surface area contributed by atoms with Gasteiger partial charge in [0, 0.05) is 33.5 Å². The molecular formula is C34H31NO. The van der Waals surface area contributed by atoms with Crippen molar-refractivity contribution in [2.45, 2.75) is 51.9 Å². The van der Waals surface area contributed by atoms with Gasteiger partial charge in [-0.3, -0.25) is 0 Å². The van der Waals surface area contributed by atoms with E-state index in [1.54, 1.807) is 0 Å². The van der Waals surface area contributed by atoms with Crippen LogP contribution in [0, 0.1) is 6.92 Å². The molecule has 0 amide bonds. The molecule has 1 aliphatic carbocycles. The lowest BCUT2D eigenvalue weighted by molar-refractivity contribution is 0.534. The van der Waals surface area contributed by atoms with Crippen LogP contribution < -0.4 is 0 Å². The van der Waals surface area contributed by atoms with Crippen LogP contribution in [0.3, 0.4) is 0 Å². The first-order chi connectivity index (χ1) is 17.6. The maximum absolute atomic E-state index is 6.64. The molecule has 2 heterocycles. The number of furan rings is 1. The van der Waals surface area contributed by atoms with E-state index in [9.17, 15) is 0 Å². The number of unbranched alkanes of at least 4 members (excludes halogenated alkanes) is 1. The summed E-state index contributed by atoms with van der Waals surface area (Å²) in [6, 6.07) is 24.2. The molecule has 2 aromatic heterocycles. The number of H-pyrrole nitrogens is 1. The fraction of sp³-hybridized carbons (Fsp3) is 0.235. The van der Waals surface area contributed by atoms with Crippen LogP contribution in [0.25, 0.3) is 49.6 Å². The number of para-hydroxylation sites is 1. The summed E-state index contributed by atoms with van der Waals surface area (Å²) in [6.07, 6.45) is 9.08. The lowest BCUT2D eigenvalue weighted by Crippen LogP contribution is -2.25. The minimum absolute atomic E-state index is 0.102. The van der Waals surface area contributed by atoms with Crippen molar-refractivity contribution in [3.8, 4) is 0 Å². The Labute approximate surface area is 211 Å². The first-order valence-electron chi connectivity index (χ1n) is 13.2. The number of allylic oxidation sites excluding steroid dienone is 1. The molecule has 2 nitrogen and oxygen atoms in total. The molecule has 0 spiro atoms. The lowest BCUT2D eigenvalue weighted by atomic mass is 9.70. The highest BCUT2D eigenvalue weighted by atomic mass is 16.3. The van der Waals surface area contributed by atoms with Crippen molar-refractivity contribution in [3.63, 3.8) is 0 Å². The maximum Gasteiger partial charge on any atom is 0.159 e. The molecular weight excluding hydrogens is 438 g/mol. The summed E-state index contributed by atoms with van der Waals surface area (Å²) in [6.45, 7) is 6.89. The van der Waals surface area contributed by atoms with E-state index in [-0.39, 0.29) is 5.41 Å². The summed E-state index contributed by atoms with van der Waals surface area (Å²) in [4.78, 5) is 3.75. The average Bonchev–Trinajstić information content (AvgIpc) is 3.45. The van der Waals surface area contributed by atoms with Crippen LogP contribution in [0.2, 0.25) is 0 Å². The number of hydrogen-bond acceptors (Lipinski definition) is 1. The Morgan fingerprint density at radius 1 is 0.917 bits per heavy atom. The summed E-state index contributed by atoms with van der Waals surface area (Å²) in [5, 5.41) is 6.53. The molecule has 178 valence electrons. The van der Waals surface area contributed by atoms with Gasteiger partial charge >= 0.3 is 0 Å². The third kappa shape index (κ3) is 2.97. The molecule has 0 radical (unpaired) electrons. The first kappa shape index (κ1) is 21.5. The van der Waals surface area contributed by atoms with Crippen LogP contribution in [0.4, 0.5) is 0 Å². The Bertz CT molecular complexity index is 1820. The summed E-state index contributed by atoms with van der Waals surface area (Å²) < 4.78 is 6.64. The summed E-state index contributed by atoms with van der Waals surface area (Å²) in [7, 11) is 0. The highest BCUT2D eigenvalue weighted by Crippen LogP contribution is 2.47. The summed E-state index contributed by atoms with van der Waals surface area (Å²) in [5.74, 6) is 1.14. The number of aromatic amines is 1. The van der Waals surface area contributed by atoms with Crippen molar-refractivity contribution in [2.24, 2.45) is 0 Å². The Morgan fingerprint density at radius 2 is 1.69 bits per heavy atom. The van der Waals surface area contributed by atoms with Gasteiger partial charge in [0.15, 0.2) is 5.58 Å². The number of fused-ring (bicyclic) bond motifs is 9. The van der Waals surface area contributed by atoms with E-state index in [4.69, 9.17) is 4.42 Å². The van der Waals surface area contributed by atoms with Crippen LogP contribution in [0.5, 0.6) is 0 Å². The van der Waals surface area contributed by atoms with E-state index in [1.165, 1.54) is 61.1 Å². The SMILES string of the molecule is CCCCc1oc2c(c1C)c1c(c3c4ccccc4[nH]c23)CC(C)(c2cccc3ccccc23)C=C1. The topological polar surface area (TPSA) is 28.9 Å². The predicted molar refractivity (Wildman–Crippen MR) is 153 cm³/mol. The van der Waals surface area contributed by atoms with Gasteiger partial charge in [0.1, 0.15) is 5.76 Å². The van der Waals surface area contributed by atoms with E-state index < -0.39 is 0 Å². The second-order valence-corrected chi connectivity index (χ2v) is 10.7. The minimum atomic E-state index is -0.102. The molecule has 0 fully saturated rings. The molecule has 0 saturated heterocycles. The van der Waals surface area contributed by atoms with E-state index >= 15 is 0 Å². The second kappa shape index (κ2) is 7.86. The zero-order valence-corrected chi connectivity index (χ0v) is 21.2. The van der Waals surface area contributed by atoms with Crippen molar-refractivity contribution in [3.05, 3.63) is 101 Å². The molecule has 1 aliphatic rings. The van der Waals surface area contributed by atoms with Crippen molar-refractivity contribution in [1.82, 2.24) is 4.98 Å². The largest absolute Gasteiger partial charge is 0.459 e. The third-order valence-electron chi connectivity index (χ3n) is 8.40. The first-order valence-corrected chi connectivity index (χ1v) is 13.2. The van der Waals surface area contributed by atoms with Gasteiger partial charge in [0.25, 0.3) is 0 Å². The highest BCUT2D eigenvalue weighted by Gasteiger charge is 2.33. The molecule has 2 heteroatoms. The van der Waals surface area contributed by atoms with Gasteiger partial charge < -0.3 is 9.40 Å². The predicted octanol–water partition coefficient (Wildman–Crippen LogP) is 9.40. The van der Waals surface area contributed by atoms with E-state index in [0.29, 0.717) is 0 Å². The molecule has 6 aromatic rings. The van der Waals surface area contributed by atoms with E-state index in [0.717, 1.165) is 36.1 Å². The molecule has 1 unspecified atom stereocenters. The normalized spacial score (nSPS) is 17.5. The van der Waals surface area contributed by atoms with E-state index in [2.05, 4.69) is 105 Å². The summed E-state index contributed by atoms with van der Waals surface area (Å²) >= 11 is 0. The molecule has 0 bridgehead atoms. The van der Waals surface area contributed by atoms with Crippen LogP contribution in [-0.2, 0) is 18.3 Å². The third-order valence-corrected chi connectivity index (χ3v) is 8.40. The molecule has 1 atom stereocenters. The molecule has 7 rings (SSSR count). The van der Waals surface area contributed by atoms with Crippen molar-refractivity contribution in [1.29, 1.82) is 0 Å². The average molecular weight is 470 g/mol. The maximum atomic E-state index is 6.64. The Hall–Kier alpha value is -3.78. The lowest BCUT2D eigenvalue weighted by Gasteiger charge is -2.33. The smallest absolute Gasteiger partial charge is 0.159 e. The van der Waals surface area contributed by atoms with E-state index in [1.807, 2.05) is 0 Å². The number of nitrogens with one attached hydrogen (secondary N) is 1. The molecule has 0 saturated carbocycles. The fourth-order valence-electron chi connectivity index (χ4n) is 6.52. The Balaban J connectivity index is 1.55. The standard InChI is InChI=1S/C34H31NO/c1-4-5-17-29-21(2)30-24-18-19-34(3,27-15-10-12-22-11-6-7-13-23(22)27)20-26(24)31-25-14-8-9-16-28(25)35-32(31)33(30)36-29/h6-16,18-19,35H,4-5,17,20H2,1-3H3. The monoisotopic (exact) mass is 469 g/mol. The number of rotatable bonds is 4. The van der Waals surface area contributed by atoms with Crippen LogP contribution in [-0.4, -0.2) is 4.98 Å². The fourth-order valence-corrected chi connectivity index (χ4v) is 6.52. The zero-order valence-electron chi connectivity index (χ0n) is 21.2. The minimum Gasteiger partial charge on any atom is -0.459 e. The number of benzene rings is 4. The highest BCUT2D eigenvalue weighted by molar-refractivity contribution is 6.20. The van der Waals surface area contributed by atoms with Gasteiger partial charge in [0.2, 0.25) is 0 Å². The Morgan fingerprint density at radius 3 is 2.56 bits per heavy atom. The van der Waals surface area contributed by atoms with Crippen LogP contribution in [0.1, 0.15) is 54.7 Å². The number of hydrogen-bond donors (Lipinski definition) is 1. The zero-order chi connectivity index (χ0) is 24.4. The number of aryl methyl sites for hydroxylation is 2. The second-order valence-electron chi connectivity index (χ2n) is 10.7. The molecule has 36 heavy (non-hydrogen) atoms. The van der Waals surface area contributed by atoms with Crippen molar-refractivity contribution < 1.29 is 4.42 Å². The van der Waals surface area contributed by atoms with Crippen LogP contribution in [0.15, 0.2) is 77.2 Å². The van der Waals surface area contributed by atoms with Gasteiger partial charge in [-0.2, -0.15) is 0 Å². The quantitative estimate of drug-likeness (QED) is 0.274. The van der Waals surface area contributed by atoms with Crippen LogP contribution >= 0.6 is 0 Å². The van der Waals surface area contributed by atoms with Gasteiger partial charge in [-0.1, -0.05) is 93.1 Å². The van der Waals surface area contributed by atoms with Gasteiger partial charge in [-0.25, -0.2) is 0 Å². The Kier molecular flexibility index (Phi) is 4.70. The molecule has 4 aromatic carbocycles. The van der Waals surface area contributed by atoms with Gasteiger partial charge in [-0.15, -0.1) is 0 Å². The van der Waals surface area contributed by atoms with Crippen molar-refractivity contribution in [2.75, 3.05) is 0 Å². The summed E-state index contributed by atoms with van der Waals surface area (Å²) in [5.41, 5.74) is 8.69.